The summed E-state index contributed by atoms with van der Waals surface area (Å²) in [6.07, 6.45) is 5.41. The summed E-state index contributed by atoms with van der Waals surface area (Å²) in [5.74, 6) is 1.11. The van der Waals surface area contributed by atoms with Gasteiger partial charge < -0.3 is 14.3 Å². The van der Waals surface area contributed by atoms with Crippen LogP contribution in [0.3, 0.4) is 0 Å². The Morgan fingerprint density at radius 2 is 2.17 bits per heavy atom. The fourth-order valence-corrected chi connectivity index (χ4v) is 4.57. The summed E-state index contributed by atoms with van der Waals surface area (Å²) in [4.78, 5) is 12.2. The number of fused-ring (bicyclic) bond motifs is 2. The SMILES string of the molecule is CC=C(C)C(=O)O[C@H]1CC[C@@H]2Cc3occ(C)c3[C@@H](O)[C@]2(C)[C@H]1C. The average molecular weight is 332 g/mol. The predicted molar refractivity (Wildman–Crippen MR) is 91.4 cm³/mol. The maximum Gasteiger partial charge on any atom is 0.333 e. The molecule has 3 rings (SSSR count). The number of aryl methyl sites for hydroxylation is 1. The van der Waals surface area contributed by atoms with Crippen molar-refractivity contribution in [2.24, 2.45) is 17.3 Å². The van der Waals surface area contributed by atoms with Gasteiger partial charge in [-0.05, 0) is 45.1 Å². The van der Waals surface area contributed by atoms with E-state index in [0.29, 0.717) is 11.5 Å². The van der Waals surface area contributed by atoms with E-state index in [9.17, 15) is 9.90 Å². The molecule has 2 aliphatic carbocycles. The van der Waals surface area contributed by atoms with Gasteiger partial charge in [-0.3, -0.25) is 0 Å². The molecule has 0 saturated heterocycles. The molecule has 2 aliphatic rings. The number of esters is 1. The number of furan rings is 1. The molecular formula is C20H28O4. The van der Waals surface area contributed by atoms with Crippen LogP contribution >= 0.6 is 0 Å². The van der Waals surface area contributed by atoms with Gasteiger partial charge in [0.15, 0.2) is 0 Å². The Morgan fingerprint density at radius 3 is 2.83 bits per heavy atom. The lowest BCUT2D eigenvalue weighted by atomic mass is 9.53. The molecule has 0 aliphatic heterocycles. The van der Waals surface area contributed by atoms with Crippen molar-refractivity contribution in [1.82, 2.24) is 0 Å². The molecule has 1 N–H and O–H groups in total. The molecule has 0 bridgehead atoms. The van der Waals surface area contributed by atoms with Gasteiger partial charge in [-0.25, -0.2) is 4.79 Å². The number of hydrogen-bond acceptors (Lipinski definition) is 4. The minimum Gasteiger partial charge on any atom is -0.469 e. The van der Waals surface area contributed by atoms with E-state index in [1.165, 1.54) is 0 Å². The van der Waals surface area contributed by atoms with Crippen molar-refractivity contribution in [1.29, 1.82) is 0 Å². The van der Waals surface area contributed by atoms with E-state index in [1.807, 2.05) is 13.8 Å². The van der Waals surface area contributed by atoms with Gasteiger partial charge in [0, 0.05) is 28.9 Å². The van der Waals surface area contributed by atoms with Crippen LogP contribution in [0.4, 0.5) is 0 Å². The van der Waals surface area contributed by atoms with E-state index in [-0.39, 0.29) is 23.4 Å². The molecule has 0 aromatic carbocycles. The fraction of sp³-hybridized carbons (Fsp3) is 0.650. The fourth-order valence-electron chi connectivity index (χ4n) is 4.57. The summed E-state index contributed by atoms with van der Waals surface area (Å²) in [6.45, 7) is 9.85. The maximum atomic E-state index is 12.2. The Morgan fingerprint density at radius 1 is 1.46 bits per heavy atom. The number of hydrogen-bond donors (Lipinski definition) is 1. The molecular weight excluding hydrogens is 304 g/mol. The van der Waals surface area contributed by atoms with Crippen molar-refractivity contribution in [2.75, 3.05) is 0 Å². The number of aliphatic hydroxyl groups is 1. The summed E-state index contributed by atoms with van der Waals surface area (Å²) in [6, 6.07) is 0. The maximum absolute atomic E-state index is 12.2. The second-order valence-corrected chi connectivity index (χ2v) is 7.71. The number of rotatable bonds is 2. The molecule has 0 amide bonds. The van der Waals surface area contributed by atoms with E-state index < -0.39 is 6.10 Å². The molecule has 0 unspecified atom stereocenters. The molecule has 1 aromatic rings. The van der Waals surface area contributed by atoms with Crippen molar-refractivity contribution < 1.29 is 19.1 Å². The Labute approximate surface area is 143 Å². The molecule has 1 saturated carbocycles. The quantitative estimate of drug-likeness (QED) is 0.654. The van der Waals surface area contributed by atoms with Crippen molar-refractivity contribution in [3.63, 3.8) is 0 Å². The first kappa shape index (κ1) is 17.3. The summed E-state index contributed by atoms with van der Waals surface area (Å²) < 4.78 is 11.4. The van der Waals surface area contributed by atoms with Gasteiger partial charge in [0.1, 0.15) is 11.9 Å². The van der Waals surface area contributed by atoms with Crippen LogP contribution in [0.2, 0.25) is 0 Å². The highest BCUT2D eigenvalue weighted by atomic mass is 16.5. The smallest absolute Gasteiger partial charge is 0.333 e. The molecule has 0 spiro atoms. The Kier molecular flexibility index (Phi) is 4.37. The third-order valence-electron chi connectivity index (χ3n) is 6.63. The van der Waals surface area contributed by atoms with Crippen LogP contribution in [0.5, 0.6) is 0 Å². The lowest BCUT2D eigenvalue weighted by Gasteiger charge is -2.53. The van der Waals surface area contributed by atoms with E-state index in [2.05, 4.69) is 13.8 Å². The number of aliphatic hydroxyl groups excluding tert-OH is 1. The first-order valence-electron chi connectivity index (χ1n) is 8.89. The third-order valence-corrected chi connectivity index (χ3v) is 6.63. The third kappa shape index (κ3) is 2.43. The van der Waals surface area contributed by atoms with Gasteiger partial charge in [0.2, 0.25) is 0 Å². The first-order valence-corrected chi connectivity index (χ1v) is 8.89. The summed E-state index contributed by atoms with van der Waals surface area (Å²) in [5.41, 5.74) is 2.27. The Balaban J connectivity index is 1.89. The zero-order chi connectivity index (χ0) is 17.6. The molecule has 1 aromatic heterocycles. The predicted octanol–water partition coefficient (Wildman–Crippen LogP) is 4.11. The zero-order valence-electron chi connectivity index (χ0n) is 15.3. The lowest BCUT2D eigenvalue weighted by molar-refractivity contribution is -0.168. The molecule has 1 heterocycles. The second-order valence-electron chi connectivity index (χ2n) is 7.71. The number of ether oxygens (including phenoxy) is 1. The van der Waals surface area contributed by atoms with Crippen LogP contribution < -0.4 is 0 Å². The number of carbonyl (C=O) groups excluding carboxylic acids is 1. The topological polar surface area (TPSA) is 59.7 Å². The van der Waals surface area contributed by atoms with E-state index in [0.717, 1.165) is 36.1 Å². The van der Waals surface area contributed by atoms with Crippen LogP contribution in [0.15, 0.2) is 22.3 Å². The summed E-state index contributed by atoms with van der Waals surface area (Å²) >= 11 is 0. The number of carbonyl (C=O) groups is 1. The summed E-state index contributed by atoms with van der Waals surface area (Å²) in [5, 5.41) is 11.2. The van der Waals surface area contributed by atoms with Crippen LogP contribution in [-0.2, 0) is 16.0 Å². The normalized spacial score (nSPS) is 36.0. The van der Waals surface area contributed by atoms with E-state index >= 15 is 0 Å². The zero-order valence-corrected chi connectivity index (χ0v) is 15.3. The van der Waals surface area contributed by atoms with Crippen molar-refractivity contribution in [3.05, 3.63) is 34.8 Å². The summed E-state index contributed by atoms with van der Waals surface area (Å²) in [7, 11) is 0. The molecule has 4 heteroatoms. The highest BCUT2D eigenvalue weighted by Gasteiger charge is 2.55. The minimum absolute atomic E-state index is 0.0855. The molecule has 24 heavy (non-hydrogen) atoms. The van der Waals surface area contributed by atoms with Crippen LogP contribution in [0.1, 0.15) is 63.5 Å². The van der Waals surface area contributed by atoms with Crippen molar-refractivity contribution in [2.45, 2.75) is 66.1 Å². The second kappa shape index (κ2) is 6.07. The van der Waals surface area contributed by atoms with Crippen LogP contribution in [0, 0.1) is 24.2 Å². The number of allylic oxidation sites excluding steroid dienone is 1. The Bertz CT molecular complexity index is 671. The van der Waals surface area contributed by atoms with Crippen molar-refractivity contribution in [3.8, 4) is 0 Å². The van der Waals surface area contributed by atoms with Gasteiger partial charge in [-0.15, -0.1) is 0 Å². The largest absolute Gasteiger partial charge is 0.469 e. The van der Waals surface area contributed by atoms with Gasteiger partial charge in [0.05, 0.1) is 12.4 Å². The van der Waals surface area contributed by atoms with Crippen LogP contribution in [0.25, 0.3) is 0 Å². The molecule has 0 radical (unpaired) electrons. The van der Waals surface area contributed by atoms with Gasteiger partial charge >= 0.3 is 5.97 Å². The van der Waals surface area contributed by atoms with Gasteiger partial charge in [-0.2, -0.15) is 0 Å². The van der Waals surface area contributed by atoms with Crippen molar-refractivity contribution >= 4 is 5.97 Å². The monoisotopic (exact) mass is 332 g/mol. The molecule has 1 fully saturated rings. The van der Waals surface area contributed by atoms with Gasteiger partial charge in [-0.1, -0.05) is 19.9 Å². The van der Waals surface area contributed by atoms with Gasteiger partial charge in [0.25, 0.3) is 0 Å². The molecule has 4 nitrogen and oxygen atoms in total. The minimum atomic E-state index is -0.579. The Hall–Kier alpha value is -1.55. The lowest BCUT2D eigenvalue weighted by Crippen LogP contribution is -2.52. The van der Waals surface area contributed by atoms with Crippen LogP contribution in [-0.4, -0.2) is 17.2 Å². The van der Waals surface area contributed by atoms with E-state index in [4.69, 9.17) is 9.15 Å². The average Bonchev–Trinajstić information content (AvgIpc) is 2.93. The highest BCUT2D eigenvalue weighted by Crippen LogP contribution is 2.58. The first-order chi connectivity index (χ1) is 11.3. The molecule has 132 valence electrons. The standard InChI is InChI=1S/C20H28O4/c1-6-11(2)19(22)24-15-8-7-14-9-16-17(12(3)10-23-16)18(21)20(14,5)13(15)4/h6,10,13-15,18,21H,7-9H2,1-5H3/t13-,14+,15-,18+,20+/m0/s1. The highest BCUT2D eigenvalue weighted by molar-refractivity contribution is 5.87. The molecule has 5 atom stereocenters. The van der Waals surface area contributed by atoms with E-state index in [1.54, 1.807) is 19.3 Å².